The average Bonchev–Trinajstić information content (AvgIpc) is 3.02. The summed E-state index contributed by atoms with van der Waals surface area (Å²) in [6.07, 6.45) is 0. The maximum absolute atomic E-state index is 13.3. The first-order valence-electron chi connectivity index (χ1n) is 11.3. The van der Waals surface area contributed by atoms with E-state index in [0.29, 0.717) is 60.6 Å². The zero-order valence-corrected chi connectivity index (χ0v) is 19.5. The summed E-state index contributed by atoms with van der Waals surface area (Å²) in [5.74, 6) is 1.92. The number of rotatable bonds is 8. The Bertz CT molecular complexity index is 1070. The third-order valence-electron chi connectivity index (χ3n) is 5.25. The van der Waals surface area contributed by atoms with Crippen molar-refractivity contribution in [3.63, 3.8) is 0 Å². The molecule has 2 aliphatic rings. The van der Waals surface area contributed by atoms with Crippen molar-refractivity contribution in [1.82, 2.24) is 4.90 Å². The molecule has 0 saturated heterocycles. The van der Waals surface area contributed by atoms with Gasteiger partial charge in [0.05, 0.1) is 12.2 Å². The van der Waals surface area contributed by atoms with E-state index < -0.39 is 0 Å². The number of hydrogen-bond donors (Lipinski definition) is 1. The second-order valence-electron chi connectivity index (χ2n) is 9.08. The fourth-order valence-corrected chi connectivity index (χ4v) is 3.74. The van der Waals surface area contributed by atoms with Gasteiger partial charge >= 0.3 is 0 Å². The van der Waals surface area contributed by atoms with Crippen molar-refractivity contribution in [2.45, 2.75) is 27.7 Å². The molecule has 0 fully saturated rings. The third kappa shape index (κ3) is 4.97. The highest BCUT2D eigenvalue weighted by molar-refractivity contribution is 6.36. The monoisotopic (exact) mass is 450 g/mol. The van der Waals surface area contributed by atoms with Crippen molar-refractivity contribution >= 4 is 23.1 Å². The van der Waals surface area contributed by atoms with Crippen molar-refractivity contribution in [1.29, 1.82) is 0 Å². The van der Waals surface area contributed by atoms with Crippen LogP contribution in [0.25, 0.3) is 5.57 Å². The fourth-order valence-electron chi connectivity index (χ4n) is 3.74. The van der Waals surface area contributed by atoms with Crippen molar-refractivity contribution in [3.05, 3.63) is 53.7 Å². The van der Waals surface area contributed by atoms with Gasteiger partial charge in [-0.15, -0.1) is 0 Å². The number of carbonyl (C=O) groups is 2. The SMILES string of the molecule is CC(C)COc1ccc(C2=C(Nc3ccc4c(c3)OCCO4)C(=O)N(CC(C)C)C2=O)cc1. The van der Waals surface area contributed by atoms with Crippen LogP contribution in [-0.4, -0.2) is 43.1 Å². The molecule has 0 saturated carbocycles. The summed E-state index contributed by atoms with van der Waals surface area (Å²) in [7, 11) is 0. The van der Waals surface area contributed by atoms with Gasteiger partial charge in [-0.25, -0.2) is 0 Å². The van der Waals surface area contributed by atoms with Crippen LogP contribution in [0, 0.1) is 11.8 Å². The lowest BCUT2D eigenvalue weighted by Gasteiger charge is -2.20. The maximum Gasteiger partial charge on any atom is 0.278 e. The van der Waals surface area contributed by atoms with Gasteiger partial charge in [0.1, 0.15) is 24.7 Å². The number of anilines is 1. The van der Waals surface area contributed by atoms with Crippen LogP contribution in [0.4, 0.5) is 5.69 Å². The molecular weight excluding hydrogens is 420 g/mol. The standard InChI is InChI=1S/C26H30N2O5/c1-16(2)14-28-25(29)23(18-5-8-20(9-6-18)33-15-17(3)4)24(26(28)30)27-19-7-10-21-22(13-19)32-12-11-31-21/h5-10,13,16-17,27H,11-12,14-15H2,1-4H3. The molecule has 2 heterocycles. The number of nitrogens with zero attached hydrogens (tertiary/aromatic N) is 1. The number of hydrogen-bond acceptors (Lipinski definition) is 6. The molecule has 2 aliphatic heterocycles. The Labute approximate surface area is 194 Å². The van der Waals surface area contributed by atoms with E-state index in [0.717, 1.165) is 5.75 Å². The Hall–Kier alpha value is -3.48. The number of carbonyl (C=O) groups excluding carboxylic acids is 2. The van der Waals surface area contributed by atoms with E-state index in [9.17, 15) is 9.59 Å². The van der Waals surface area contributed by atoms with E-state index in [-0.39, 0.29) is 23.4 Å². The fraction of sp³-hybridized carbons (Fsp3) is 0.385. The smallest absolute Gasteiger partial charge is 0.278 e. The van der Waals surface area contributed by atoms with Gasteiger partial charge in [-0.3, -0.25) is 14.5 Å². The van der Waals surface area contributed by atoms with Crippen molar-refractivity contribution in [2.75, 3.05) is 31.7 Å². The number of imide groups is 1. The molecule has 0 atom stereocenters. The van der Waals surface area contributed by atoms with Gasteiger partial charge in [0, 0.05) is 18.3 Å². The highest BCUT2D eigenvalue weighted by atomic mass is 16.6. The molecule has 33 heavy (non-hydrogen) atoms. The Morgan fingerprint density at radius 2 is 1.61 bits per heavy atom. The molecule has 0 bridgehead atoms. The summed E-state index contributed by atoms with van der Waals surface area (Å²) in [5, 5.41) is 3.18. The quantitative estimate of drug-likeness (QED) is 0.603. The van der Waals surface area contributed by atoms with E-state index in [2.05, 4.69) is 19.2 Å². The predicted octanol–water partition coefficient (Wildman–Crippen LogP) is 4.34. The topological polar surface area (TPSA) is 77.1 Å². The van der Waals surface area contributed by atoms with E-state index in [4.69, 9.17) is 14.2 Å². The normalized spacial score (nSPS) is 15.6. The number of ether oxygens (including phenoxy) is 3. The van der Waals surface area contributed by atoms with E-state index in [1.165, 1.54) is 4.90 Å². The van der Waals surface area contributed by atoms with E-state index >= 15 is 0 Å². The van der Waals surface area contributed by atoms with Gasteiger partial charge < -0.3 is 19.5 Å². The van der Waals surface area contributed by atoms with Crippen LogP contribution in [0.1, 0.15) is 33.3 Å². The van der Waals surface area contributed by atoms with Crippen LogP contribution >= 0.6 is 0 Å². The number of fused-ring (bicyclic) bond motifs is 1. The highest BCUT2D eigenvalue weighted by Gasteiger charge is 2.39. The highest BCUT2D eigenvalue weighted by Crippen LogP contribution is 2.36. The lowest BCUT2D eigenvalue weighted by Crippen LogP contribution is -2.35. The van der Waals surface area contributed by atoms with Gasteiger partial charge in [0.2, 0.25) is 0 Å². The van der Waals surface area contributed by atoms with Crippen LogP contribution < -0.4 is 19.5 Å². The zero-order chi connectivity index (χ0) is 23.5. The summed E-state index contributed by atoms with van der Waals surface area (Å²) in [6, 6.07) is 12.7. The van der Waals surface area contributed by atoms with Gasteiger partial charge in [0.15, 0.2) is 11.5 Å². The molecule has 0 spiro atoms. The second kappa shape index (κ2) is 9.57. The first-order valence-corrected chi connectivity index (χ1v) is 11.3. The Kier molecular flexibility index (Phi) is 6.58. The first-order chi connectivity index (χ1) is 15.8. The molecule has 2 aromatic carbocycles. The van der Waals surface area contributed by atoms with E-state index in [1.807, 2.05) is 44.2 Å². The molecule has 4 rings (SSSR count). The molecule has 2 amide bonds. The summed E-state index contributed by atoms with van der Waals surface area (Å²) >= 11 is 0. The molecule has 0 aliphatic carbocycles. The number of nitrogens with one attached hydrogen (secondary N) is 1. The molecule has 0 aromatic heterocycles. The van der Waals surface area contributed by atoms with Gasteiger partial charge in [-0.1, -0.05) is 39.8 Å². The first kappa shape index (κ1) is 22.7. The Morgan fingerprint density at radius 1 is 0.909 bits per heavy atom. The minimum Gasteiger partial charge on any atom is -0.493 e. The summed E-state index contributed by atoms with van der Waals surface area (Å²) in [6.45, 7) is 10.1. The average molecular weight is 451 g/mol. The summed E-state index contributed by atoms with van der Waals surface area (Å²) in [4.78, 5) is 27.9. The Morgan fingerprint density at radius 3 is 2.27 bits per heavy atom. The summed E-state index contributed by atoms with van der Waals surface area (Å²) < 4.78 is 17.0. The zero-order valence-electron chi connectivity index (χ0n) is 19.5. The molecule has 174 valence electrons. The lowest BCUT2D eigenvalue weighted by molar-refractivity contribution is -0.137. The van der Waals surface area contributed by atoms with E-state index in [1.54, 1.807) is 12.1 Å². The molecule has 0 radical (unpaired) electrons. The van der Waals surface area contributed by atoms with Crippen LogP contribution in [0.2, 0.25) is 0 Å². The molecule has 7 nitrogen and oxygen atoms in total. The molecule has 0 unspecified atom stereocenters. The van der Waals surface area contributed by atoms with Crippen LogP contribution in [0.3, 0.4) is 0 Å². The van der Waals surface area contributed by atoms with Gasteiger partial charge in [-0.2, -0.15) is 0 Å². The molecule has 7 heteroatoms. The Balaban J connectivity index is 1.67. The number of benzene rings is 2. The minimum atomic E-state index is -0.335. The molecular formula is C26H30N2O5. The molecule has 2 aromatic rings. The predicted molar refractivity (Wildman–Crippen MR) is 126 cm³/mol. The van der Waals surface area contributed by atoms with Gasteiger partial charge in [-0.05, 0) is 41.7 Å². The minimum absolute atomic E-state index is 0.152. The largest absolute Gasteiger partial charge is 0.493 e. The molecule has 1 N–H and O–H groups in total. The van der Waals surface area contributed by atoms with Crippen LogP contribution in [-0.2, 0) is 9.59 Å². The van der Waals surface area contributed by atoms with Crippen LogP contribution in [0.5, 0.6) is 17.2 Å². The van der Waals surface area contributed by atoms with Crippen molar-refractivity contribution < 1.29 is 23.8 Å². The third-order valence-corrected chi connectivity index (χ3v) is 5.25. The van der Waals surface area contributed by atoms with Crippen LogP contribution in [0.15, 0.2) is 48.2 Å². The maximum atomic E-state index is 13.3. The lowest BCUT2D eigenvalue weighted by atomic mass is 10.0. The number of amides is 2. The van der Waals surface area contributed by atoms with Gasteiger partial charge in [0.25, 0.3) is 11.8 Å². The summed E-state index contributed by atoms with van der Waals surface area (Å²) in [5.41, 5.74) is 1.92. The van der Waals surface area contributed by atoms with Crippen molar-refractivity contribution in [3.8, 4) is 17.2 Å². The second-order valence-corrected chi connectivity index (χ2v) is 9.08. The van der Waals surface area contributed by atoms with Crippen molar-refractivity contribution in [2.24, 2.45) is 11.8 Å².